The number of fused-ring (bicyclic) bond motifs is 1. The third-order valence-electron chi connectivity index (χ3n) is 1.99. The number of Topliss-reactive ketones (excluding diaryl/α,β-unsaturated/α-hetero) is 1. The van der Waals surface area contributed by atoms with E-state index < -0.39 is 0 Å². The van der Waals surface area contributed by atoms with Crippen molar-refractivity contribution >= 4 is 16.7 Å². The Hall–Kier alpha value is -1.77. The van der Waals surface area contributed by atoms with Crippen LogP contribution in [0, 0.1) is 0 Å². The van der Waals surface area contributed by atoms with E-state index >= 15 is 0 Å². The number of aromatic amines is 1. The lowest BCUT2D eigenvalue weighted by Crippen LogP contribution is -1.89. The minimum atomic E-state index is -0.00399. The molecular formula is C10H9NO2. The Balaban J connectivity index is 2.68. The van der Waals surface area contributed by atoms with Crippen molar-refractivity contribution in [2.24, 2.45) is 0 Å². The summed E-state index contributed by atoms with van der Waals surface area (Å²) in [6.07, 6.45) is 0. The summed E-state index contributed by atoms with van der Waals surface area (Å²) < 4.78 is 0. The zero-order valence-electron chi connectivity index (χ0n) is 7.16. The van der Waals surface area contributed by atoms with Crippen LogP contribution in [0.25, 0.3) is 10.9 Å². The first-order valence-electron chi connectivity index (χ1n) is 3.99. The maximum atomic E-state index is 11.0. The predicted octanol–water partition coefficient (Wildman–Crippen LogP) is 2.08. The lowest BCUT2D eigenvalue weighted by Gasteiger charge is -1.90. The van der Waals surface area contributed by atoms with Gasteiger partial charge in [0.1, 0.15) is 5.75 Å². The molecule has 3 nitrogen and oxygen atoms in total. The van der Waals surface area contributed by atoms with Crippen molar-refractivity contribution in [3.05, 3.63) is 30.0 Å². The fourth-order valence-electron chi connectivity index (χ4n) is 1.30. The molecular weight excluding hydrogens is 166 g/mol. The second kappa shape index (κ2) is 2.62. The topological polar surface area (TPSA) is 53.1 Å². The minimum Gasteiger partial charge on any atom is -0.508 e. The maximum absolute atomic E-state index is 11.0. The molecule has 0 atom stereocenters. The van der Waals surface area contributed by atoms with Gasteiger partial charge in [0, 0.05) is 23.9 Å². The molecule has 0 aliphatic rings. The number of hydrogen-bond donors (Lipinski definition) is 2. The van der Waals surface area contributed by atoms with Crippen molar-refractivity contribution in [1.82, 2.24) is 4.98 Å². The summed E-state index contributed by atoms with van der Waals surface area (Å²) in [6.45, 7) is 1.50. The van der Waals surface area contributed by atoms with Gasteiger partial charge in [0.15, 0.2) is 5.78 Å². The van der Waals surface area contributed by atoms with Crippen LogP contribution in [-0.2, 0) is 0 Å². The Labute approximate surface area is 75.0 Å². The number of benzene rings is 1. The molecule has 0 aliphatic heterocycles. The van der Waals surface area contributed by atoms with Crippen LogP contribution >= 0.6 is 0 Å². The number of nitrogens with one attached hydrogen (secondary N) is 1. The van der Waals surface area contributed by atoms with Gasteiger partial charge in [-0.25, -0.2) is 0 Å². The first kappa shape index (κ1) is 7.86. The van der Waals surface area contributed by atoms with Crippen LogP contribution < -0.4 is 0 Å². The van der Waals surface area contributed by atoms with Gasteiger partial charge in [-0.3, -0.25) is 4.79 Å². The van der Waals surface area contributed by atoms with Crippen molar-refractivity contribution in [3.63, 3.8) is 0 Å². The lowest BCUT2D eigenvalue weighted by molar-refractivity contribution is 0.101. The average molecular weight is 175 g/mol. The number of hydrogen-bond acceptors (Lipinski definition) is 2. The standard InChI is InChI=1S/C10H9NO2/c1-6(12)9-4-7-2-3-8(13)5-10(7)11-9/h2-5,11,13H,1H3. The molecule has 0 radical (unpaired) electrons. The van der Waals surface area contributed by atoms with E-state index in [4.69, 9.17) is 0 Å². The molecule has 2 aromatic rings. The Bertz CT molecular complexity index is 471. The summed E-state index contributed by atoms with van der Waals surface area (Å²) in [7, 11) is 0. The molecule has 1 aromatic heterocycles. The molecule has 66 valence electrons. The Morgan fingerprint density at radius 3 is 2.85 bits per heavy atom. The molecule has 0 spiro atoms. The number of carbonyl (C=O) groups excluding carboxylic acids is 1. The number of phenolic OH excluding ortho intramolecular Hbond substituents is 1. The summed E-state index contributed by atoms with van der Waals surface area (Å²) in [5.41, 5.74) is 1.35. The SMILES string of the molecule is CC(=O)c1cc2ccc(O)cc2[nH]1. The van der Waals surface area contributed by atoms with Crippen LogP contribution in [0.15, 0.2) is 24.3 Å². The monoisotopic (exact) mass is 175 g/mol. The number of aromatic nitrogens is 1. The highest BCUT2D eigenvalue weighted by Gasteiger charge is 2.04. The average Bonchev–Trinajstić information content (AvgIpc) is 2.46. The smallest absolute Gasteiger partial charge is 0.175 e. The van der Waals surface area contributed by atoms with Gasteiger partial charge < -0.3 is 10.1 Å². The van der Waals surface area contributed by atoms with Gasteiger partial charge in [-0.1, -0.05) is 0 Å². The molecule has 2 N–H and O–H groups in total. The minimum absolute atomic E-state index is 0.00399. The summed E-state index contributed by atoms with van der Waals surface area (Å²) in [5, 5.41) is 10.1. The van der Waals surface area contributed by atoms with Gasteiger partial charge in [-0.05, 0) is 18.2 Å². The summed E-state index contributed by atoms with van der Waals surface area (Å²) >= 11 is 0. The molecule has 0 fully saturated rings. The summed E-state index contributed by atoms with van der Waals surface area (Å²) in [6, 6.07) is 6.74. The molecule has 0 saturated carbocycles. The van der Waals surface area contributed by atoms with Gasteiger partial charge in [0.05, 0.1) is 5.69 Å². The third-order valence-corrected chi connectivity index (χ3v) is 1.99. The second-order valence-electron chi connectivity index (χ2n) is 3.01. The number of carbonyl (C=O) groups is 1. The number of rotatable bonds is 1. The Morgan fingerprint density at radius 1 is 1.38 bits per heavy atom. The zero-order chi connectivity index (χ0) is 9.42. The quantitative estimate of drug-likeness (QED) is 0.652. The molecule has 0 amide bonds. The van der Waals surface area contributed by atoms with Crippen LogP contribution in [0.5, 0.6) is 5.75 Å². The van der Waals surface area contributed by atoms with E-state index in [2.05, 4.69) is 4.98 Å². The normalized spacial score (nSPS) is 10.5. The van der Waals surface area contributed by atoms with E-state index in [1.807, 2.05) is 0 Å². The molecule has 1 heterocycles. The van der Waals surface area contributed by atoms with Gasteiger partial charge in [-0.15, -0.1) is 0 Å². The molecule has 3 heteroatoms. The highest BCUT2D eigenvalue weighted by Crippen LogP contribution is 2.20. The number of phenols is 1. The first-order valence-corrected chi connectivity index (χ1v) is 3.99. The predicted molar refractivity (Wildman–Crippen MR) is 50.0 cm³/mol. The van der Waals surface area contributed by atoms with E-state index in [0.29, 0.717) is 5.69 Å². The van der Waals surface area contributed by atoms with Gasteiger partial charge in [0.25, 0.3) is 0 Å². The second-order valence-corrected chi connectivity index (χ2v) is 3.01. The van der Waals surface area contributed by atoms with E-state index in [0.717, 1.165) is 10.9 Å². The number of H-pyrrole nitrogens is 1. The van der Waals surface area contributed by atoms with Crippen molar-refractivity contribution in [1.29, 1.82) is 0 Å². The maximum Gasteiger partial charge on any atom is 0.175 e. The van der Waals surface area contributed by atoms with Gasteiger partial charge in [-0.2, -0.15) is 0 Å². The van der Waals surface area contributed by atoms with Gasteiger partial charge in [0.2, 0.25) is 0 Å². The molecule has 2 rings (SSSR count). The molecule has 0 bridgehead atoms. The van der Waals surface area contributed by atoms with E-state index in [1.165, 1.54) is 6.92 Å². The van der Waals surface area contributed by atoms with Crippen molar-refractivity contribution in [2.45, 2.75) is 6.92 Å². The highest BCUT2D eigenvalue weighted by atomic mass is 16.3. The molecule has 13 heavy (non-hydrogen) atoms. The lowest BCUT2D eigenvalue weighted by atomic mass is 10.2. The molecule has 1 aromatic carbocycles. The fraction of sp³-hybridized carbons (Fsp3) is 0.100. The van der Waals surface area contributed by atoms with Crippen molar-refractivity contribution < 1.29 is 9.90 Å². The van der Waals surface area contributed by atoms with E-state index in [1.54, 1.807) is 24.3 Å². The molecule has 0 aliphatic carbocycles. The van der Waals surface area contributed by atoms with Crippen molar-refractivity contribution in [3.8, 4) is 5.75 Å². The Kier molecular flexibility index (Phi) is 1.59. The fourth-order valence-corrected chi connectivity index (χ4v) is 1.30. The Morgan fingerprint density at radius 2 is 2.15 bits per heavy atom. The van der Waals surface area contributed by atoms with Crippen LogP contribution in [0.2, 0.25) is 0 Å². The van der Waals surface area contributed by atoms with Crippen LogP contribution in [0.1, 0.15) is 17.4 Å². The molecule has 0 unspecified atom stereocenters. The number of ketones is 1. The largest absolute Gasteiger partial charge is 0.508 e. The summed E-state index contributed by atoms with van der Waals surface area (Å²) in [4.78, 5) is 13.9. The van der Waals surface area contributed by atoms with Crippen LogP contribution in [0.3, 0.4) is 0 Å². The van der Waals surface area contributed by atoms with Crippen LogP contribution in [0.4, 0.5) is 0 Å². The van der Waals surface area contributed by atoms with E-state index in [9.17, 15) is 9.90 Å². The first-order chi connectivity index (χ1) is 6.16. The van der Waals surface area contributed by atoms with Crippen LogP contribution in [-0.4, -0.2) is 15.9 Å². The van der Waals surface area contributed by atoms with E-state index in [-0.39, 0.29) is 11.5 Å². The zero-order valence-corrected chi connectivity index (χ0v) is 7.16. The number of aromatic hydroxyl groups is 1. The van der Waals surface area contributed by atoms with Gasteiger partial charge >= 0.3 is 0 Å². The third kappa shape index (κ3) is 1.28. The molecule has 0 saturated heterocycles. The summed E-state index contributed by atoms with van der Waals surface area (Å²) in [5.74, 6) is 0.195. The van der Waals surface area contributed by atoms with Crippen molar-refractivity contribution in [2.75, 3.05) is 0 Å². The highest BCUT2D eigenvalue weighted by molar-refractivity contribution is 5.98.